The van der Waals surface area contributed by atoms with Crippen LogP contribution in [0.1, 0.15) is 0 Å². The van der Waals surface area contributed by atoms with Gasteiger partial charge in [0.25, 0.3) is 0 Å². The average molecular weight is 518 g/mol. The first kappa shape index (κ1) is 31.8. The molecule has 0 aromatic heterocycles. The summed E-state index contributed by atoms with van der Waals surface area (Å²) in [6.07, 6.45) is -4.34. The fraction of sp³-hybridized carbons (Fsp3) is 0.500. The zero-order chi connectivity index (χ0) is 11.1. The van der Waals surface area contributed by atoms with Crippen molar-refractivity contribution < 1.29 is 48.3 Å². The van der Waals surface area contributed by atoms with Crippen LogP contribution in [0, 0.1) is 0 Å². The molecule has 14 heteroatoms. The summed E-state index contributed by atoms with van der Waals surface area (Å²) in [4.78, 5) is 21.2. The molecule has 2 unspecified atom stereocenters. The molecule has 2 atom stereocenters. The molecule has 0 amide bonds. The van der Waals surface area contributed by atoms with Crippen LogP contribution in [0.5, 0.6) is 0 Å². The number of carbonyl (C=O) groups is 2. The van der Waals surface area contributed by atoms with Gasteiger partial charge >= 0.3 is 151 Å². The first-order chi connectivity index (χ1) is 6.54. The van der Waals surface area contributed by atoms with Crippen molar-refractivity contribution in [1.29, 1.82) is 0 Å². The first-order valence-corrected chi connectivity index (χ1v) is 7.14. The topological polar surface area (TPSA) is 222 Å². The van der Waals surface area contributed by atoms with Gasteiger partial charge in [0.05, 0.1) is 0 Å². The molecule has 0 aromatic carbocycles. The van der Waals surface area contributed by atoms with Gasteiger partial charge in [-0.1, -0.05) is 0 Å². The zero-order valence-corrected chi connectivity index (χ0v) is 13.0. The standard InChI is InChI=1S/C4H6O6.K.3H2O.2O.2Sb.H/c5-1(3(7)8)2(6)4(9)10;;;;;;;;;/h1-2,5-6H,(H,7,8)(H,9,10);;3*1H2;;;;;/q;;;;;;;2*+1;/p-2. The van der Waals surface area contributed by atoms with Crippen LogP contribution in [-0.2, 0) is 21.7 Å². The van der Waals surface area contributed by atoms with Gasteiger partial charge in [-0.05, 0) is 0 Å². The zero-order valence-electron chi connectivity index (χ0n) is 7.89. The van der Waals surface area contributed by atoms with Crippen LogP contribution >= 0.6 is 0 Å². The first-order valence-electron chi connectivity index (χ1n) is 2.97. The minimum absolute atomic E-state index is 0. The number of hydrogen-bond acceptors (Lipinski definition) is 8. The summed E-state index contributed by atoms with van der Waals surface area (Å²) in [5.41, 5.74) is 0. The molecule has 0 spiro atoms. The molecular formula is C4H11KO11Sb2. The fourth-order valence-electron chi connectivity index (χ4n) is 0.439. The van der Waals surface area contributed by atoms with Gasteiger partial charge in [-0.2, -0.15) is 0 Å². The van der Waals surface area contributed by atoms with Gasteiger partial charge in [0.15, 0.2) is 0 Å². The Hall–Kier alpha value is 1.61. The molecule has 0 fully saturated rings. The van der Waals surface area contributed by atoms with E-state index in [1.54, 1.807) is 0 Å². The Morgan fingerprint density at radius 3 is 1.22 bits per heavy atom. The summed E-state index contributed by atoms with van der Waals surface area (Å²) in [6, 6.07) is 0. The Labute approximate surface area is 165 Å². The molecule has 0 saturated carbocycles. The van der Waals surface area contributed by atoms with Crippen LogP contribution in [0.25, 0.3) is 0 Å². The van der Waals surface area contributed by atoms with Crippen molar-refractivity contribution in [2.75, 3.05) is 0 Å². The van der Waals surface area contributed by atoms with Gasteiger partial charge in [-0.25, -0.2) is 0 Å². The molecule has 104 valence electrons. The van der Waals surface area contributed by atoms with Gasteiger partial charge < -0.3 is 16.4 Å². The predicted molar refractivity (Wildman–Crippen MR) is 55.1 cm³/mol. The second-order valence-electron chi connectivity index (χ2n) is 1.86. The maximum atomic E-state index is 10.6. The van der Waals surface area contributed by atoms with E-state index in [9.17, 15) is 15.6 Å². The number of carbonyl (C=O) groups excluding carboxylic acids is 2. The summed E-state index contributed by atoms with van der Waals surface area (Å²) in [5, 5.41) is 17.8. The van der Waals surface area contributed by atoms with Gasteiger partial charge in [-0.3, -0.25) is 0 Å². The monoisotopic (exact) mass is 516 g/mol. The Kier molecular flexibility index (Phi) is 32.9. The van der Waals surface area contributed by atoms with Crippen LogP contribution in [0.15, 0.2) is 0 Å². The SMILES string of the molecule is O.O.O.[KH].[O]=[Sb][O]C(=O)C(O)C(O)C(=O)[O][Sb]=[O]. The van der Waals surface area contributed by atoms with Gasteiger partial charge in [0.1, 0.15) is 0 Å². The molecule has 0 radical (unpaired) electrons. The van der Waals surface area contributed by atoms with E-state index in [-0.39, 0.29) is 67.8 Å². The van der Waals surface area contributed by atoms with Crippen molar-refractivity contribution in [1.82, 2.24) is 0 Å². The molecule has 18 heavy (non-hydrogen) atoms. The second-order valence-corrected chi connectivity index (χ2v) is 3.75. The Morgan fingerprint density at radius 2 is 1.06 bits per heavy atom. The molecule has 0 aliphatic rings. The summed E-state index contributed by atoms with van der Waals surface area (Å²) in [7, 11) is 0. The maximum absolute atomic E-state index is 10.6. The molecule has 11 nitrogen and oxygen atoms in total. The van der Waals surface area contributed by atoms with E-state index >= 15 is 0 Å². The van der Waals surface area contributed by atoms with Crippen molar-refractivity contribution in [3.05, 3.63) is 0 Å². The number of aliphatic hydroxyl groups excluding tert-OH is 2. The molecule has 0 heterocycles. The van der Waals surface area contributed by atoms with E-state index in [4.69, 9.17) is 10.2 Å². The minimum atomic E-state index is -2.41. The summed E-state index contributed by atoms with van der Waals surface area (Å²) in [5.74, 6) is -2.76. The van der Waals surface area contributed by atoms with Gasteiger partial charge in [-0.15, -0.1) is 0 Å². The fourth-order valence-corrected chi connectivity index (χ4v) is 1.48. The Bertz CT molecular complexity index is 233. The van der Waals surface area contributed by atoms with Crippen molar-refractivity contribution in [3.63, 3.8) is 0 Å². The molecule has 0 aliphatic heterocycles. The van der Waals surface area contributed by atoms with Crippen LogP contribution < -0.4 is 0 Å². The van der Waals surface area contributed by atoms with Crippen LogP contribution in [0.3, 0.4) is 0 Å². The summed E-state index contributed by atoms with van der Waals surface area (Å²) < 4.78 is 27.7. The van der Waals surface area contributed by atoms with Gasteiger partial charge in [0.2, 0.25) is 0 Å². The third-order valence-electron chi connectivity index (χ3n) is 1.04. The van der Waals surface area contributed by atoms with Crippen molar-refractivity contribution in [2.24, 2.45) is 0 Å². The number of rotatable bonds is 5. The van der Waals surface area contributed by atoms with E-state index in [1.165, 1.54) is 0 Å². The molecule has 0 rings (SSSR count). The van der Waals surface area contributed by atoms with Crippen molar-refractivity contribution in [3.8, 4) is 0 Å². The van der Waals surface area contributed by atoms with Gasteiger partial charge in [0, 0.05) is 0 Å². The number of hydrogen-bond donors (Lipinski definition) is 2. The number of aliphatic hydroxyl groups is 2. The van der Waals surface area contributed by atoms with Crippen molar-refractivity contribution in [2.45, 2.75) is 12.2 Å². The van der Waals surface area contributed by atoms with Crippen LogP contribution in [-0.4, -0.2) is 146 Å². The normalized spacial score (nSPS) is 10.6. The van der Waals surface area contributed by atoms with Crippen LogP contribution in [0.4, 0.5) is 0 Å². The molecule has 0 saturated heterocycles. The van der Waals surface area contributed by atoms with E-state index in [0.29, 0.717) is 0 Å². The van der Waals surface area contributed by atoms with Crippen molar-refractivity contribution >= 4 is 107 Å². The third kappa shape index (κ3) is 12.6. The quantitative estimate of drug-likeness (QED) is 0.333. The second kappa shape index (κ2) is 18.6. The predicted octanol–water partition coefficient (Wildman–Crippen LogP) is -6.40. The van der Waals surface area contributed by atoms with E-state index in [0.717, 1.165) is 0 Å². The van der Waals surface area contributed by atoms with Crippen LogP contribution in [0.2, 0.25) is 0 Å². The summed E-state index contributed by atoms with van der Waals surface area (Å²) >= 11 is -4.81. The average Bonchev–Trinajstić information content (AvgIpc) is 2.16. The van der Waals surface area contributed by atoms with E-state index in [2.05, 4.69) is 6.03 Å². The molecule has 8 N–H and O–H groups in total. The van der Waals surface area contributed by atoms with E-state index in [1.807, 2.05) is 0 Å². The molecule has 0 bridgehead atoms. The Morgan fingerprint density at radius 1 is 0.833 bits per heavy atom. The molecular weight excluding hydrogens is 507 g/mol. The molecule has 0 aliphatic carbocycles. The van der Waals surface area contributed by atoms with E-state index < -0.39 is 68.2 Å². The third-order valence-corrected chi connectivity index (χ3v) is 2.49. The summed E-state index contributed by atoms with van der Waals surface area (Å²) in [6.45, 7) is 0. The Balaban J connectivity index is -0.000000141. The molecule has 0 aromatic rings.